The Morgan fingerprint density at radius 1 is 1.25 bits per heavy atom. The Bertz CT molecular complexity index is 694. The zero-order chi connectivity index (χ0) is 19.4. The van der Waals surface area contributed by atoms with Crippen LogP contribution in [0.1, 0.15) is 37.5 Å². The molecule has 0 unspecified atom stereocenters. The molecule has 2 aromatic rings. The van der Waals surface area contributed by atoms with Crippen molar-refractivity contribution in [2.75, 3.05) is 37.7 Å². The first-order chi connectivity index (χ1) is 13.8. The van der Waals surface area contributed by atoms with Crippen LogP contribution in [0.15, 0.2) is 46.1 Å². The number of rotatable bonds is 10. The molecule has 1 fully saturated rings. The van der Waals surface area contributed by atoms with Gasteiger partial charge in [0.05, 0.1) is 12.8 Å². The van der Waals surface area contributed by atoms with Crippen LogP contribution < -0.4 is 15.5 Å². The predicted octanol–water partition coefficient (Wildman–Crippen LogP) is 2.94. The van der Waals surface area contributed by atoms with Crippen LogP contribution >= 0.6 is 0 Å². The number of pyridine rings is 1. The molecular formula is C21H31N5O2. The normalized spacial score (nSPS) is 14.5. The molecular weight excluding hydrogens is 354 g/mol. The van der Waals surface area contributed by atoms with Gasteiger partial charge in [-0.1, -0.05) is 6.07 Å². The number of ether oxygens (including phenoxy) is 1. The average molecular weight is 386 g/mol. The number of aromatic nitrogens is 1. The quantitative estimate of drug-likeness (QED) is 0.372. The van der Waals surface area contributed by atoms with E-state index in [1.54, 1.807) is 6.26 Å². The van der Waals surface area contributed by atoms with Crippen LogP contribution in [0.4, 0.5) is 5.82 Å². The van der Waals surface area contributed by atoms with Crippen LogP contribution in [-0.2, 0) is 17.9 Å². The molecule has 1 saturated heterocycles. The lowest BCUT2D eigenvalue weighted by Crippen LogP contribution is -2.38. The van der Waals surface area contributed by atoms with Gasteiger partial charge in [-0.25, -0.2) is 9.98 Å². The predicted molar refractivity (Wildman–Crippen MR) is 111 cm³/mol. The molecule has 0 bridgehead atoms. The summed E-state index contributed by atoms with van der Waals surface area (Å²) >= 11 is 0. The second-order valence-corrected chi connectivity index (χ2v) is 6.83. The van der Waals surface area contributed by atoms with Crippen LogP contribution in [0.2, 0.25) is 0 Å². The van der Waals surface area contributed by atoms with Gasteiger partial charge < -0.3 is 24.7 Å². The van der Waals surface area contributed by atoms with E-state index in [2.05, 4.69) is 44.6 Å². The Hall–Kier alpha value is -2.54. The monoisotopic (exact) mass is 385 g/mol. The largest absolute Gasteiger partial charge is 0.467 e. The molecule has 3 rings (SSSR count). The molecule has 7 nitrogen and oxygen atoms in total. The highest BCUT2D eigenvalue weighted by atomic mass is 16.5. The van der Waals surface area contributed by atoms with Crippen molar-refractivity contribution >= 4 is 11.8 Å². The number of anilines is 1. The van der Waals surface area contributed by atoms with Crippen LogP contribution in [-0.4, -0.2) is 43.7 Å². The SMILES string of the molecule is CCNC(=NCc1ccc(N2CCCC2)nc1)NCCCOCc1ccco1. The van der Waals surface area contributed by atoms with E-state index in [0.717, 1.165) is 55.7 Å². The molecule has 0 radical (unpaired) electrons. The van der Waals surface area contributed by atoms with Crippen molar-refractivity contribution in [3.8, 4) is 0 Å². The molecule has 0 atom stereocenters. The van der Waals surface area contributed by atoms with Gasteiger partial charge in [0, 0.05) is 39.0 Å². The first-order valence-electron chi connectivity index (χ1n) is 10.2. The maximum absolute atomic E-state index is 5.60. The number of aliphatic imine (C=N–C) groups is 1. The highest BCUT2D eigenvalue weighted by molar-refractivity contribution is 5.79. The lowest BCUT2D eigenvalue weighted by atomic mass is 10.3. The van der Waals surface area contributed by atoms with Gasteiger partial charge in [-0.15, -0.1) is 0 Å². The van der Waals surface area contributed by atoms with Crippen molar-refractivity contribution in [1.29, 1.82) is 0 Å². The third-order valence-corrected chi connectivity index (χ3v) is 4.59. The minimum absolute atomic E-state index is 0.515. The highest BCUT2D eigenvalue weighted by Gasteiger charge is 2.12. The number of nitrogens with zero attached hydrogens (tertiary/aromatic N) is 3. The van der Waals surface area contributed by atoms with Gasteiger partial charge in [-0.05, 0) is 49.9 Å². The molecule has 0 amide bonds. The fourth-order valence-corrected chi connectivity index (χ4v) is 3.10. The summed E-state index contributed by atoms with van der Waals surface area (Å²) in [5, 5.41) is 6.62. The summed E-state index contributed by atoms with van der Waals surface area (Å²) in [6.45, 7) is 7.72. The summed E-state index contributed by atoms with van der Waals surface area (Å²) in [6.07, 6.45) is 7.02. The van der Waals surface area contributed by atoms with Crippen molar-refractivity contribution in [2.24, 2.45) is 4.99 Å². The van der Waals surface area contributed by atoms with Gasteiger partial charge in [0.25, 0.3) is 0 Å². The Morgan fingerprint density at radius 3 is 2.86 bits per heavy atom. The van der Waals surface area contributed by atoms with Crippen LogP contribution in [0.3, 0.4) is 0 Å². The molecule has 3 heterocycles. The van der Waals surface area contributed by atoms with Crippen molar-refractivity contribution in [2.45, 2.75) is 39.3 Å². The van der Waals surface area contributed by atoms with Gasteiger partial charge in [0.2, 0.25) is 0 Å². The number of hydrogen-bond donors (Lipinski definition) is 2. The van der Waals surface area contributed by atoms with E-state index in [1.165, 1.54) is 12.8 Å². The third kappa shape index (κ3) is 6.56. The Kier molecular flexibility index (Phi) is 8.18. The lowest BCUT2D eigenvalue weighted by molar-refractivity contribution is 0.105. The first-order valence-corrected chi connectivity index (χ1v) is 10.2. The topological polar surface area (TPSA) is 74.9 Å². The molecule has 28 heavy (non-hydrogen) atoms. The third-order valence-electron chi connectivity index (χ3n) is 4.59. The molecule has 152 valence electrons. The van der Waals surface area contributed by atoms with Crippen LogP contribution in [0.25, 0.3) is 0 Å². The summed E-state index contributed by atoms with van der Waals surface area (Å²) in [6, 6.07) is 8.01. The second-order valence-electron chi connectivity index (χ2n) is 6.83. The summed E-state index contributed by atoms with van der Waals surface area (Å²) in [5.74, 6) is 2.74. The smallest absolute Gasteiger partial charge is 0.191 e. The van der Waals surface area contributed by atoms with Crippen molar-refractivity contribution < 1.29 is 9.15 Å². The van der Waals surface area contributed by atoms with Gasteiger partial charge in [-0.3, -0.25) is 0 Å². The number of hydrogen-bond acceptors (Lipinski definition) is 5. The lowest BCUT2D eigenvalue weighted by Gasteiger charge is -2.16. The van der Waals surface area contributed by atoms with Crippen LogP contribution in [0.5, 0.6) is 0 Å². The van der Waals surface area contributed by atoms with E-state index >= 15 is 0 Å². The minimum atomic E-state index is 0.515. The molecule has 7 heteroatoms. The van der Waals surface area contributed by atoms with Crippen molar-refractivity contribution in [3.63, 3.8) is 0 Å². The number of guanidine groups is 1. The standard InChI is InChI=1S/C21H31N5O2/c1-2-22-21(23-10-6-13-27-17-19-7-5-14-28-19)25-16-18-8-9-20(24-15-18)26-11-3-4-12-26/h5,7-9,14-15H,2-4,6,10-13,16-17H2,1H3,(H2,22,23,25). The Balaban J connectivity index is 1.38. The summed E-state index contributed by atoms with van der Waals surface area (Å²) in [4.78, 5) is 11.6. The van der Waals surface area contributed by atoms with Gasteiger partial charge in [-0.2, -0.15) is 0 Å². The molecule has 0 spiro atoms. The molecule has 0 saturated carbocycles. The zero-order valence-corrected chi connectivity index (χ0v) is 16.7. The molecule has 1 aliphatic heterocycles. The summed E-state index contributed by atoms with van der Waals surface area (Å²) in [5.41, 5.74) is 1.11. The summed E-state index contributed by atoms with van der Waals surface area (Å²) in [7, 11) is 0. The first kappa shape index (κ1) is 20.2. The number of furan rings is 1. The molecule has 2 aromatic heterocycles. The maximum Gasteiger partial charge on any atom is 0.191 e. The average Bonchev–Trinajstić information content (AvgIpc) is 3.43. The summed E-state index contributed by atoms with van der Waals surface area (Å²) < 4.78 is 10.8. The van der Waals surface area contributed by atoms with E-state index in [9.17, 15) is 0 Å². The minimum Gasteiger partial charge on any atom is -0.467 e. The van der Waals surface area contributed by atoms with Crippen LogP contribution in [0, 0.1) is 0 Å². The zero-order valence-electron chi connectivity index (χ0n) is 16.7. The van der Waals surface area contributed by atoms with Gasteiger partial charge in [0.1, 0.15) is 18.2 Å². The molecule has 1 aliphatic rings. The highest BCUT2D eigenvalue weighted by Crippen LogP contribution is 2.17. The fraction of sp³-hybridized carbons (Fsp3) is 0.524. The molecule has 0 aliphatic carbocycles. The van der Waals surface area contributed by atoms with E-state index < -0.39 is 0 Å². The Morgan fingerprint density at radius 2 is 2.14 bits per heavy atom. The molecule has 0 aromatic carbocycles. The van der Waals surface area contributed by atoms with E-state index in [1.807, 2.05) is 18.3 Å². The molecule has 2 N–H and O–H groups in total. The van der Waals surface area contributed by atoms with Crippen molar-refractivity contribution in [3.05, 3.63) is 48.0 Å². The van der Waals surface area contributed by atoms with E-state index in [-0.39, 0.29) is 0 Å². The second kappa shape index (κ2) is 11.3. The maximum atomic E-state index is 5.60. The Labute approximate surface area is 167 Å². The number of nitrogens with one attached hydrogen (secondary N) is 2. The van der Waals surface area contributed by atoms with E-state index in [4.69, 9.17) is 9.15 Å². The van der Waals surface area contributed by atoms with E-state index in [0.29, 0.717) is 19.8 Å². The van der Waals surface area contributed by atoms with Crippen molar-refractivity contribution in [1.82, 2.24) is 15.6 Å². The van der Waals surface area contributed by atoms with Gasteiger partial charge >= 0.3 is 0 Å². The van der Waals surface area contributed by atoms with Gasteiger partial charge in [0.15, 0.2) is 5.96 Å². The fourth-order valence-electron chi connectivity index (χ4n) is 3.10.